The van der Waals surface area contributed by atoms with Crippen LogP contribution in [-0.2, 0) is 6.54 Å². The lowest BCUT2D eigenvalue weighted by Gasteiger charge is -2.07. The molecule has 0 saturated carbocycles. The molecular formula is C19H19NO2S2. The van der Waals surface area contributed by atoms with Gasteiger partial charge in [0.2, 0.25) is 0 Å². The average molecular weight is 358 g/mol. The fourth-order valence-electron chi connectivity index (χ4n) is 2.38. The van der Waals surface area contributed by atoms with E-state index >= 15 is 0 Å². The predicted molar refractivity (Wildman–Crippen MR) is 99.8 cm³/mol. The number of aliphatic hydroxyl groups is 1. The molecule has 3 nitrogen and oxygen atoms in total. The predicted octanol–water partition coefficient (Wildman–Crippen LogP) is 4.44. The van der Waals surface area contributed by atoms with E-state index in [4.69, 9.17) is 0 Å². The third-order valence-electron chi connectivity index (χ3n) is 3.96. The van der Waals surface area contributed by atoms with Gasteiger partial charge in [0.15, 0.2) is 0 Å². The Labute approximate surface area is 149 Å². The Hall–Kier alpha value is -1.95. The third-order valence-corrected chi connectivity index (χ3v) is 6.02. The number of aliphatic hydroxyl groups excluding tert-OH is 1. The maximum absolute atomic E-state index is 12.3. The van der Waals surface area contributed by atoms with Crippen LogP contribution in [0.4, 0.5) is 0 Å². The molecular weight excluding hydrogens is 338 g/mol. The summed E-state index contributed by atoms with van der Waals surface area (Å²) < 4.78 is 0. The molecule has 24 heavy (non-hydrogen) atoms. The fourth-order valence-corrected chi connectivity index (χ4v) is 4.14. The van der Waals surface area contributed by atoms with Crippen LogP contribution >= 0.6 is 22.7 Å². The Kier molecular flexibility index (Phi) is 5.14. The number of carbonyl (C=O) groups is 1. The smallest absolute Gasteiger partial charge is 0.251 e. The minimum absolute atomic E-state index is 0.0770. The monoisotopic (exact) mass is 357 g/mol. The van der Waals surface area contributed by atoms with E-state index < -0.39 is 6.10 Å². The van der Waals surface area contributed by atoms with Crippen LogP contribution in [0.3, 0.4) is 0 Å². The topological polar surface area (TPSA) is 49.3 Å². The van der Waals surface area contributed by atoms with E-state index in [0.29, 0.717) is 12.1 Å². The molecule has 124 valence electrons. The van der Waals surface area contributed by atoms with Gasteiger partial charge in [-0.25, -0.2) is 0 Å². The minimum Gasteiger partial charge on any atom is -0.382 e. The van der Waals surface area contributed by atoms with Crippen molar-refractivity contribution in [2.24, 2.45) is 0 Å². The second kappa shape index (κ2) is 7.30. The van der Waals surface area contributed by atoms with Crippen LogP contribution < -0.4 is 5.32 Å². The summed E-state index contributed by atoms with van der Waals surface area (Å²) in [7, 11) is 0. The maximum atomic E-state index is 12.3. The lowest BCUT2D eigenvalue weighted by Crippen LogP contribution is -2.22. The highest BCUT2D eigenvalue weighted by atomic mass is 32.1. The van der Waals surface area contributed by atoms with Gasteiger partial charge in [-0.3, -0.25) is 4.79 Å². The van der Waals surface area contributed by atoms with Gasteiger partial charge in [-0.15, -0.1) is 22.7 Å². The fraction of sp³-hybridized carbons (Fsp3) is 0.211. The quantitative estimate of drug-likeness (QED) is 0.709. The van der Waals surface area contributed by atoms with Crippen LogP contribution in [-0.4, -0.2) is 11.0 Å². The number of carbonyl (C=O) groups excluding carboxylic acids is 1. The Morgan fingerprint density at radius 2 is 1.96 bits per heavy atom. The zero-order valence-electron chi connectivity index (χ0n) is 13.6. The van der Waals surface area contributed by atoms with Gasteiger partial charge in [-0.05, 0) is 60.7 Å². The van der Waals surface area contributed by atoms with Gasteiger partial charge in [0.05, 0.1) is 6.54 Å². The van der Waals surface area contributed by atoms with Crippen molar-refractivity contribution in [2.45, 2.75) is 26.5 Å². The summed E-state index contributed by atoms with van der Waals surface area (Å²) in [5.74, 6) is -0.0770. The molecule has 0 saturated heterocycles. The van der Waals surface area contributed by atoms with Gasteiger partial charge >= 0.3 is 0 Å². The Bertz CT molecular complexity index is 837. The summed E-state index contributed by atoms with van der Waals surface area (Å²) in [6.07, 6.45) is -0.584. The number of rotatable bonds is 5. The lowest BCUT2D eigenvalue weighted by atomic mass is 10.1. The van der Waals surface area contributed by atoms with E-state index in [1.807, 2.05) is 61.7 Å². The molecule has 0 radical (unpaired) electrons. The molecule has 1 amide bonds. The van der Waals surface area contributed by atoms with Crippen molar-refractivity contribution < 1.29 is 9.90 Å². The maximum Gasteiger partial charge on any atom is 0.251 e. The van der Waals surface area contributed by atoms with Crippen molar-refractivity contribution in [3.05, 3.63) is 79.2 Å². The summed E-state index contributed by atoms with van der Waals surface area (Å²) >= 11 is 3.06. The van der Waals surface area contributed by atoms with E-state index in [1.165, 1.54) is 16.9 Å². The molecule has 3 rings (SSSR count). The Balaban J connectivity index is 1.63. The largest absolute Gasteiger partial charge is 0.382 e. The zero-order chi connectivity index (χ0) is 17.1. The average Bonchev–Trinajstić information content (AvgIpc) is 3.26. The highest BCUT2D eigenvalue weighted by Gasteiger charge is 2.14. The second-order valence-electron chi connectivity index (χ2n) is 5.70. The molecule has 0 spiro atoms. The van der Waals surface area contributed by atoms with Gasteiger partial charge < -0.3 is 10.4 Å². The highest BCUT2D eigenvalue weighted by Crippen LogP contribution is 2.30. The molecule has 1 unspecified atom stereocenters. The van der Waals surface area contributed by atoms with E-state index in [2.05, 4.69) is 5.32 Å². The van der Waals surface area contributed by atoms with Crippen molar-refractivity contribution in [2.75, 3.05) is 0 Å². The number of thiophene rings is 2. The Morgan fingerprint density at radius 1 is 1.12 bits per heavy atom. The van der Waals surface area contributed by atoms with Crippen molar-refractivity contribution in [1.29, 1.82) is 0 Å². The molecule has 0 fully saturated rings. The summed E-state index contributed by atoms with van der Waals surface area (Å²) in [4.78, 5) is 15.1. The summed E-state index contributed by atoms with van der Waals surface area (Å²) in [5.41, 5.74) is 2.96. The van der Waals surface area contributed by atoms with Crippen LogP contribution in [0.5, 0.6) is 0 Å². The first kappa shape index (κ1) is 16.9. The third kappa shape index (κ3) is 3.75. The second-order valence-corrected chi connectivity index (χ2v) is 7.88. The number of hydrogen-bond donors (Lipinski definition) is 2. The molecule has 1 atom stereocenters. The number of hydrogen-bond acceptors (Lipinski definition) is 4. The first-order valence-corrected chi connectivity index (χ1v) is 9.40. The molecule has 0 aliphatic heterocycles. The zero-order valence-corrected chi connectivity index (χ0v) is 15.2. The van der Waals surface area contributed by atoms with Crippen molar-refractivity contribution in [1.82, 2.24) is 5.32 Å². The van der Waals surface area contributed by atoms with Crippen LogP contribution in [0.15, 0.2) is 47.8 Å². The van der Waals surface area contributed by atoms with Crippen LogP contribution in [0.2, 0.25) is 0 Å². The molecule has 0 aliphatic carbocycles. The minimum atomic E-state index is -0.584. The first-order chi connectivity index (χ1) is 11.5. The molecule has 1 aromatic carbocycles. The normalized spacial score (nSPS) is 12.1. The number of amides is 1. The molecule has 2 heterocycles. The molecule has 3 aromatic rings. The Morgan fingerprint density at radius 3 is 2.67 bits per heavy atom. The van der Waals surface area contributed by atoms with E-state index in [9.17, 15) is 9.90 Å². The summed E-state index contributed by atoms with van der Waals surface area (Å²) in [6.45, 7) is 4.50. The molecule has 0 bridgehead atoms. The molecule has 5 heteroatoms. The lowest BCUT2D eigenvalue weighted by molar-refractivity contribution is 0.0951. The number of aryl methyl sites for hydroxylation is 2. The summed E-state index contributed by atoms with van der Waals surface area (Å²) in [5, 5.41) is 15.2. The SMILES string of the molecule is Cc1ccc(C(=O)NCc2ccc(C(O)c3cccs3)s2)cc1C. The van der Waals surface area contributed by atoms with Crippen LogP contribution in [0.25, 0.3) is 0 Å². The van der Waals surface area contributed by atoms with E-state index in [0.717, 1.165) is 20.2 Å². The molecule has 2 aromatic heterocycles. The first-order valence-electron chi connectivity index (χ1n) is 7.70. The molecule has 2 N–H and O–H groups in total. The van der Waals surface area contributed by atoms with Crippen LogP contribution in [0.1, 0.15) is 42.2 Å². The van der Waals surface area contributed by atoms with Crippen molar-refractivity contribution in [3.63, 3.8) is 0 Å². The van der Waals surface area contributed by atoms with Gasteiger partial charge in [-0.2, -0.15) is 0 Å². The van der Waals surface area contributed by atoms with E-state index in [1.54, 1.807) is 11.3 Å². The van der Waals surface area contributed by atoms with E-state index in [-0.39, 0.29) is 5.91 Å². The van der Waals surface area contributed by atoms with Gasteiger partial charge in [0.25, 0.3) is 5.91 Å². The van der Waals surface area contributed by atoms with Crippen molar-refractivity contribution >= 4 is 28.6 Å². The van der Waals surface area contributed by atoms with Crippen LogP contribution in [0, 0.1) is 13.8 Å². The standard InChI is InChI=1S/C19H19NO2S2/c1-12-5-6-14(10-13(12)2)19(22)20-11-15-7-8-17(24-15)18(21)16-4-3-9-23-16/h3-10,18,21H,11H2,1-2H3,(H,20,22). The highest BCUT2D eigenvalue weighted by molar-refractivity contribution is 7.12. The van der Waals surface area contributed by atoms with Gasteiger partial charge in [0, 0.05) is 20.2 Å². The van der Waals surface area contributed by atoms with Gasteiger partial charge in [-0.1, -0.05) is 12.1 Å². The summed E-state index contributed by atoms with van der Waals surface area (Å²) in [6, 6.07) is 13.5. The molecule has 0 aliphatic rings. The number of nitrogens with one attached hydrogen (secondary N) is 1. The van der Waals surface area contributed by atoms with Crippen molar-refractivity contribution in [3.8, 4) is 0 Å². The van der Waals surface area contributed by atoms with Gasteiger partial charge in [0.1, 0.15) is 6.10 Å². The number of benzene rings is 1.